The lowest BCUT2D eigenvalue weighted by Gasteiger charge is -2.39. The van der Waals surface area contributed by atoms with Crippen molar-refractivity contribution in [3.8, 4) is 5.88 Å². The average Bonchev–Trinajstić information content (AvgIpc) is 3.71. The van der Waals surface area contributed by atoms with Gasteiger partial charge in [-0.05, 0) is 97.0 Å². The molecule has 3 aliphatic heterocycles. The van der Waals surface area contributed by atoms with Crippen LogP contribution in [0.1, 0.15) is 68.3 Å². The van der Waals surface area contributed by atoms with E-state index in [0.717, 1.165) is 73.9 Å². The van der Waals surface area contributed by atoms with Crippen LogP contribution < -0.4 is 30.3 Å². The second-order valence-corrected chi connectivity index (χ2v) is 23.7. The van der Waals surface area contributed by atoms with E-state index in [9.17, 15) is 28.2 Å². The standard InChI is InChI=1S/C48H55ClN7O8PS/c1-48(2)16-12-35(40(29-48)33-4-6-36(49)7-5-33)31-54-18-20-55(21-19-54)37-8-10-39(43(27-37)65(60)25-3-22-64-47-44(65)26-34-13-17-50-45(34)52-47)46(57)53-66(61,62)38-9-11-41(42(28-38)56(58)59)51-30-32-14-23-63-24-15-32/h4-11,13,17,26-28,32,51,60H,3,12,14-16,18-25,29-31H2,1-2H3,(H-,50,52,53,57)/p+1. The van der Waals surface area contributed by atoms with Gasteiger partial charge in [0.1, 0.15) is 16.6 Å². The fourth-order valence-corrected chi connectivity index (χ4v) is 13.8. The Labute approximate surface area is 390 Å². The van der Waals surface area contributed by atoms with E-state index >= 15 is 0 Å². The molecule has 3 aromatic carbocycles. The molecule has 1 unspecified atom stereocenters. The van der Waals surface area contributed by atoms with Crippen molar-refractivity contribution < 1.29 is 32.5 Å². The molecule has 2 saturated heterocycles. The minimum absolute atomic E-state index is 0.0232. The number of nitrogens with one attached hydrogen (secondary N) is 3. The summed E-state index contributed by atoms with van der Waals surface area (Å²) in [5.41, 5.74) is 5.39. The minimum Gasteiger partial charge on any atom is -0.475 e. The number of hydrogen-bond acceptors (Lipinski definition) is 12. The Morgan fingerprint density at radius 3 is 2.55 bits per heavy atom. The minimum atomic E-state index is -4.64. The molecular weight excluding hydrogens is 901 g/mol. The molecule has 0 saturated carbocycles. The van der Waals surface area contributed by atoms with Crippen molar-refractivity contribution in [2.45, 2.75) is 57.3 Å². The molecule has 0 spiro atoms. The molecule has 1 atom stereocenters. The summed E-state index contributed by atoms with van der Waals surface area (Å²) in [5, 5.41) is 17.6. The number of amides is 1. The zero-order valence-corrected chi connectivity index (χ0v) is 39.7. The average molecular weight is 958 g/mol. The molecule has 2 aromatic heterocycles. The SMILES string of the molecule is CC1(C)CCC(CN2CCN(c3ccc(C(=O)NS(=O)(=O)c4ccc(NCC5CCOCC5)c([N+](=O)[O-])c4)c([P+]4(O)CCCOc5nc6[nH]ccc6cc54)c3)CC2)=C(c2ccc(Cl)cc2)C1. The van der Waals surface area contributed by atoms with Crippen LogP contribution in [-0.4, -0.2) is 104 Å². The lowest BCUT2D eigenvalue weighted by molar-refractivity contribution is -0.384. The van der Waals surface area contributed by atoms with E-state index in [4.69, 9.17) is 26.1 Å². The number of sulfonamides is 1. The maximum Gasteiger partial charge on any atom is 0.293 e. The fraction of sp³-hybridized carbons (Fsp3) is 0.417. The van der Waals surface area contributed by atoms with Crippen molar-refractivity contribution in [1.29, 1.82) is 0 Å². The number of allylic oxidation sites excluding steroid dienone is 1. The van der Waals surface area contributed by atoms with E-state index in [1.165, 1.54) is 28.8 Å². The van der Waals surface area contributed by atoms with Gasteiger partial charge in [0.2, 0.25) is 7.49 Å². The summed E-state index contributed by atoms with van der Waals surface area (Å²) in [4.78, 5) is 51.3. The molecular formula is C48H56ClN7O8PS+. The van der Waals surface area contributed by atoms with E-state index in [1.807, 2.05) is 30.3 Å². The molecule has 4 N–H and O–H groups in total. The third kappa shape index (κ3) is 9.81. The quantitative estimate of drug-likeness (QED) is 0.0547. The highest BCUT2D eigenvalue weighted by molar-refractivity contribution is 7.90. The summed E-state index contributed by atoms with van der Waals surface area (Å²) in [6, 6.07) is 20.6. The van der Waals surface area contributed by atoms with E-state index in [0.29, 0.717) is 62.1 Å². The number of aromatic amines is 1. The number of anilines is 2. The van der Waals surface area contributed by atoms with Crippen LogP contribution in [0, 0.1) is 21.4 Å². The van der Waals surface area contributed by atoms with Crippen LogP contribution in [0.25, 0.3) is 16.6 Å². The molecule has 348 valence electrons. The number of nitro groups is 1. The number of nitrogens with zero attached hydrogens (tertiary/aromatic N) is 4. The first-order chi connectivity index (χ1) is 31.7. The van der Waals surface area contributed by atoms with Crippen LogP contribution in [0.15, 0.2) is 89.5 Å². The van der Waals surface area contributed by atoms with E-state index in [1.54, 1.807) is 18.3 Å². The largest absolute Gasteiger partial charge is 0.475 e. The lowest BCUT2D eigenvalue weighted by Crippen LogP contribution is -2.47. The predicted molar refractivity (Wildman–Crippen MR) is 260 cm³/mol. The monoisotopic (exact) mass is 956 g/mol. The van der Waals surface area contributed by atoms with Gasteiger partial charge in [0, 0.05) is 99.4 Å². The van der Waals surface area contributed by atoms with E-state index in [-0.39, 0.29) is 34.6 Å². The van der Waals surface area contributed by atoms with Gasteiger partial charge in [0.15, 0.2) is 5.30 Å². The van der Waals surface area contributed by atoms with Crippen LogP contribution in [-0.2, 0) is 14.8 Å². The van der Waals surface area contributed by atoms with Crippen LogP contribution in [0.4, 0.5) is 17.1 Å². The van der Waals surface area contributed by atoms with Crippen LogP contribution in [0.5, 0.6) is 5.88 Å². The van der Waals surface area contributed by atoms with Gasteiger partial charge in [-0.2, -0.15) is 4.98 Å². The van der Waals surface area contributed by atoms with Gasteiger partial charge in [0.25, 0.3) is 27.5 Å². The number of rotatable bonds is 12. The van der Waals surface area contributed by atoms with Crippen molar-refractivity contribution in [3.63, 3.8) is 0 Å². The maximum absolute atomic E-state index is 14.5. The van der Waals surface area contributed by atoms with Gasteiger partial charge in [-0.1, -0.05) is 43.2 Å². The highest BCUT2D eigenvalue weighted by atomic mass is 35.5. The molecule has 2 fully saturated rings. The van der Waals surface area contributed by atoms with Gasteiger partial charge < -0.3 is 24.7 Å². The fourth-order valence-electron chi connectivity index (χ4n) is 9.69. The number of hydrogen-bond donors (Lipinski definition) is 4. The number of benzene rings is 3. The Bertz CT molecular complexity index is 2790. The van der Waals surface area contributed by atoms with E-state index in [2.05, 4.69) is 50.8 Å². The van der Waals surface area contributed by atoms with Crippen LogP contribution in [0.2, 0.25) is 5.02 Å². The second-order valence-electron chi connectivity index (χ2n) is 18.6. The maximum atomic E-state index is 14.5. The van der Waals surface area contributed by atoms with Crippen molar-refractivity contribution in [1.82, 2.24) is 19.6 Å². The first-order valence-corrected chi connectivity index (χ1v) is 26.4. The number of carbonyl (C=O) groups is 1. The number of piperazine rings is 1. The molecule has 18 heteroatoms. The third-order valence-electron chi connectivity index (χ3n) is 13.5. The lowest BCUT2D eigenvalue weighted by atomic mass is 9.72. The molecule has 66 heavy (non-hydrogen) atoms. The van der Waals surface area contributed by atoms with Gasteiger partial charge in [-0.3, -0.25) is 19.8 Å². The van der Waals surface area contributed by atoms with Crippen molar-refractivity contribution in [3.05, 3.63) is 111 Å². The number of pyridine rings is 1. The molecule has 9 rings (SSSR count). The van der Waals surface area contributed by atoms with Crippen molar-refractivity contribution in [2.24, 2.45) is 11.3 Å². The number of carbonyl (C=O) groups excluding carboxylic acids is 1. The smallest absolute Gasteiger partial charge is 0.293 e. The summed E-state index contributed by atoms with van der Waals surface area (Å²) >= 11 is 6.27. The summed E-state index contributed by atoms with van der Waals surface area (Å²) in [5.74, 6) is -0.456. The van der Waals surface area contributed by atoms with Crippen molar-refractivity contribution >= 4 is 79.3 Å². The normalized spacial score (nSPS) is 20.6. The molecule has 4 aliphatic rings. The van der Waals surface area contributed by atoms with Gasteiger partial charge in [-0.15, -0.1) is 0 Å². The Morgan fingerprint density at radius 2 is 1.79 bits per heavy atom. The van der Waals surface area contributed by atoms with Gasteiger partial charge in [0.05, 0.1) is 28.2 Å². The summed E-state index contributed by atoms with van der Waals surface area (Å²) in [6.07, 6.45) is 7.25. The number of H-pyrrole nitrogens is 1. The molecule has 0 radical (unpaired) electrons. The number of ether oxygens (including phenoxy) is 2. The summed E-state index contributed by atoms with van der Waals surface area (Å²) < 4.78 is 41.7. The van der Waals surface area contributed by atoms with Gasteiger partial charge >= 0.3 is 0 Å². The zero-order chi connectivity index (χ0) is 46.2. The Kier molecular flexibility index (Phi) is 13.2. The summed E-state index contributed by atoms with van der Waals surface area (Å²) in [6.45, 7) is 10.5. The van der Waals surface area contributed by atoms with Crippen LogP contribution in [0.3, 0.4) is 0 Å². The number of nitro benzene ring substituents is 1. The highest BCUT2D eigenvalue weighted by Crippen LogP contribution is 2.57. The number of aromatic nitrogens is 2. The predicted octanol–water partition coefficient (Wildman–Crippen LogP) is 7.53. The number of halogens is 1. The molecule has 5 aromatic rings. The second kappa shape index (κ2) is 18.9. The highest BCUT2D eigenvalue weighted by Gasteiger charge is 2.49. The van der Waals surface area contributed by atoms with Crippen LogP contribution >= 0.6 is 19.1 Å². The third-order valence-corrected chi connectivity index (χ3v) is 18.4. The number of fused-ring (bicyclic) bond motifs is 2. The zero-order valence-electron chi connectivity index (χ0n) is 37.2. The summed E-state index contributed by atoms with van der Waals surface area (Å²) in [7, 11) is -8.12. The molecule has 5 heterocycles. The van der Waals surface area contributed by atoms with E-state index < -0.39 is 38.9 Å². The topological polar surface area (TPSA) is 192 Å². The molecule has 15 nitrogen and oxygen atoms in total. The van der Waals surface area contributed by atoms with Crippen molar-refractivity contribution in [2.75, 3.05) is 75.5 Å². The van der Waals surface area contributed by atoms with Gasteiger partial charge in [-0.25, -0.2) is 18.0 Å². The Morgan fingerprint density at radius 1 is 1.02 bits per heavy atom. The Hall–Kier alpha value is -5.09. The Balaban J connectivity index is 1.00. The first-order valence-electron chi connectivity index (χ1n) is 22.6. The molecule has 1 aliphatic carbocycles. The molecule has 0 bridgehead atoms. The molecule has 1 amide bonds. The first kappa shape index (κ1) is 46.0.